The summed E-state index contributed by atoms with van der Waals surface area (Å²) < 4.78 is 0. The number of para-hydroxylation sites is 1. The van der Waals surface area contributed by atoms with Crippen molar-refractivity contribution in [3.63, 3.8) is 0 Å². The molecule has 0 aliphatic carbocycles. The minimum absolute atomic E-state index is 0.0538. The van der Waals surface area contributed by atoms with Gasteiger partial charge in [-0.05, 0) is 30.4 Å². The van der Waals surface area contributed by atoms with Gasteiger partial charge in [0.2, 0.25) is 5.91 Å². The molecule has 0 saturated heterocycles. The van der Waals surface area contributed by atoms with Gasteiger partial charge in [-0.1, -0.05) is 39.0 Å². The van der Waals surface area contributed by atoms with Gasteiger partial charge in [0.1, 0.15) is 0 Å². The van der Waals surface area contributed by atoms with E-state index in [9.17, 15) is 4.79 Å². The van der Waals surface area contributed by atoms with E-state index in [4.69, 9.17) is 0 Å². The third-order valence-corrected chi connectivity index (χ3v) is 2.62. The molecule has 20 heavy (non-hydrogen) atoms. The van der Waals surface area contributed by atoms with E-state index in [0.717, 1.165) is 12.1 Å². The Morgan fingerprint density at radius 3 is 2.55 bits per heavy atom. The second-order valence-electron chi connectivity index (χ2n) is 5.19. The first-order valence-electron chi connectivity index (χ1n) is 6.99. The molecule has 0 fully saturated rings. The number of amides is 1. The number of aliphatic imine (C=N–C) groups is 1. The van der Waals surface area contributed by atoms with Crippen LogP contribution in [-0.4, -0.2) is 18.3 Å². The van der Waals surface area contributed by atoms with Gasteiger partial charge < -0.3 is 0 Å². The van der Waals surface area contributed by atoms with Crippen LogP contribution < -0.4 is 5.43 Å². The average Bonchev–Trinajstić information content (AvgIpc) is 2.43. The van der Waals surface area contributed by atoms with Crippen LogP contribution >= 0.6 is 0 Å². The molecule has 1 N–H and O–H groups in total. The number of hydrogen-bond donors (Lipinski definition) is 1. The number of benzene rings is 1. The van der Waals surface area contributed by atoms with Gasteiger partial charge in [-0.3, -0.25) is 9.79 Å². The summed E-state index contributed by atoms with van der Waals surface area (Å²) in [5.74, 6) is 0.545. The van der Waals surface area contributed by atoms with Crippen LogP contribution in [-0.2, 0) is 4.79 Å². The zero-order valence-corrected chi connectivity index (χ0v) is 12.4. The number of carbonyl (C=O) groups is 1. The fourth-order valence-corrected chi connectivity index (χ4v) is 1.47. The van der Waals surface area contributed by atoms with Gasteiger partial charge in [-0.25, -0.2) is 5.43 Å². The van der Waals surface area contributed by atoms with Crippen LogP contribution in [0, 0.1) is 11.8 Å². The Balaban J connectivity index is 2.27. The molecule has 0 aromatic heterocycles. The van der Waals surface area contributed by atoms with Crippen molar-refractivity contribution in [2.75, 3.05) is 0 Å². The summed E-state index contributed by atoms with van der Waals surface area (Å²) in [5.41, 5.74) is 3.46. The lowest BCUT2D eigenvalue weighted by atomic mass is 10.1. The Morgan fingerprint density at radius 1 is 1.20 bits per heavy atom. The van der Waals surface area contributed by atoms with Crippen molar-refractivity contribution in [3.8, 4) is 0 Å². The highest BCUT2D eigenvalue weighted by molar-refractivity contribution is 5.77. The van der Waals surface area contributed by atoms with Gasteiger partial charge in [-0.15, -0.1) is 0 Å². The second-order valence-corrected chi connectivity index (χ2v) is 5.19. The number of rotatable bonds is 7. The molecule has 1 atom stereocenters. The lowest BCUT2D eigenvalue weighted by Gasteiger charge is -2.04. The van der Waals surface area contributed by atoms with Crippen LogP contribution in [0.15, 0.2) is 40.4 Å². The number of hydrogen-bond acceptors (Lipinski definition) is 3. The molecule has 0 radical (unpaired) electrons. The van der Waals surface area contributed by atoms with Crippen LogP contribution in [0.25, 0.3) is 0 Å². The third kappa shape index (κ3) is 7.46. The fraction of sp³-hybridized carbons (Fsp3) is 0.438. The highest BCUT2D eigenvalue weighted by Crippen LogP contribution is 2.11. The van der Waals surface area contributed by atoms with Gasteiger partial charge in [0.25, 0.3) is 0 Å². The lowest BCUT2D eigenvalue weighted by molar-refractivity contribution is -0.121. The minimum atomic E-state index is -0.0538. The highest BCUT2D eigenvalue weighted by atomic mass is 16.2. The molecule has 0 saturated carbocycles. The molecule has 0 bridgehead atoms. The molecule has 0 heterocycles. The predicted octanol–water partition coefficient (Wildman–Crippen LogP) is 3.56. The minimum Gasteiger partial charge on any atom is -0.273 e. The van der Waals surface area contributed by atoms with E-state index < -0.39 is 0 Å². The zero-order valence-electron chi connectivity index (χ0n) is 12.4. The van der Waals surface area contributed by atoms with Crippen molar-refractivity contribution in [1.29, 1.82) is 0 Å². The van der Waals surface area contributed by atoms with Gasteiger partial charge in [0, 0.05) is 18.9 Å². The molecule has 1 amide bonds. The van der Waals surface area contributed by atoms with E-state index in [2.05, 4.69) is 22.4 Å². The van der Waals surface area contributed by atoms with Crippen molar-refractivity contribution in [3.05, 3.63) is 30.3 Å². The number of hydrazone groups is 1. The number of carbonyl (C=O) groups excluding carboxylic acids is 1. The Labute approximate surface area is 121 Å². The smallest absolute Gasteiger partial charge is 0.240 e. The molecule has 0 aliphatic heterocycles. The van der Waals surface area contributed by atoms with Crippen molar-refractivity contribution in [2.24, 2.45) is 21.9 Å². The van der Waals surface area contributed by atoms with Crippen LogP contribution in [0.1, 0.15) is 33.6 Å². The van der Waals surface area contributed by atoms with Crippen LogP contribution in [0.3, 0.4) is 0 Å². The standard InChI is InChI=1S/C16H23N3O/c1-13(2)11-18-19-16(20)10-9-14(3)12-17-15-7-5-4-6-8-15/h4-8,11-14H,9-10H2,1-3H3,(H,19,20)/b17-12+,18-11+. The SMILES string of the molecule is CC(C)/C=N/NC(=O)CCC(C)/C=N/c1ccccc1. The van der Waals surface area contributed by atoms with Crippen molar-refractivity contribution < 1.29 is 4.79 Å². The first-order valence-corrected chi connectivity index (χ1v) is 6.99. The van der Waals surface area contributed by atoms with Crippen molar-refractivity contribution >= 4 is 24.0 Å². The van der Waals surface area contributed by atoms with E-state index in [-0.39, 0.29) is 11.8 Å². The number of nitrogens with one attached hydrogen (secondary N) is 1. The largest absolute Gasteiger partial charge is 0.273 e. The van der Waals surface area contributed by atoms with Gasteiger partial charge >= 0.3 is 0 Å². The topological polar surface area (TPSA) is 53.8 Å². The molecule has 1 aromatic carbocycles. The highest BCUT2D eigenvalue weighted by Gasteiger charge is 2.04. The molecule has 1 rings (SSSR count). The zero-order chi connectivity index (χ0) is 14.8. The maximum Gasteiger partial charge on any atom is 0.240 e. The molecule has 1 aromatic rings. The Hall–Kier alpha value is -1.97. The normalized spacial score (nSPS) is 13.2. The van der Waals surface area contributed by atoms with E-state index >= 15 is 0 Å². The molecule has 0 spiro atoms. The van der Waals surface area contributed by atoms with Crippen molar-refractivity contribution in [2.45, 2.75) is 33.6 Å². The maximum atomic E-state index is 11.5. The van der Waals surface area contributed by atoms with Crippen molar-refractivity contribution in [1.82, 2.24) is 5.43 Å². The summed E-state index contributed by atoms with van der Waals surface area (Å²) in [4.78, 5) is 15.9. The summed E-state index contributed by atoms with van der Waals surface area (Å²) in [7, 11) is 0. The Bertz CT molecular complexity index is 452. The Morgan fingerprint density at radius 2 is 1.90 bits per heavy atom. The fourth-order valence-electron chi connectivity index (χ4n) is 1.47. The summed E-state index contributed by atoms with van der Waals surface area (Å²) in [6, 6.07) is 9.78. The van der Waals surface area contributed by atoms with Crippen LogP contribution in [0.5, 0.6) is 0 Å². The lowest BCUT2D eigenvalue weighted by Crippen LogP contribution is -2.18. The summed E-state index contributed by atoms with van der Waals surface area (Å²) in [5, 5.41) is 3.88. The first-order chi connectivity index (χ1) is 9.58. The molecule has 4 heteroatoms. The second kappa shape index (κ2) is 9.02. The molecular weight excluding hydrogens is 250 g/mol. The van der Waals surface area contributed by atoms with Crippen LogP contribution in [0.4, 0.5) is 5.69 Å². The first kappa shape index (κ1) is 16.1. The van der Waals surface area contributed by atoms with Gasteiger partial charge in [0.15, 0.2) is 0 Å². The Kier molecular flexibility index (Phi) is 7.25. The molecule has 0 aliphatic rings. The quantitative estimate of drug-likeness (QED) is 0.599. The van der Waals surface area contributed by atoms with E-state index in [1.165, 1.54) is 0 Å². The molecular formula is C16H23N3O. The molecule has 108 valence electrons. The van der Waals surface area contributed by atoms with Gasteiger partial charge in [0.05, 0.1) is 5.69 Å². The van der Waals surface area contributed by atoms with E-state index in [1.54, 1.807) is 6.21 Å². The maximum absolute atomic E-state index is 11.5. The summed E-state index contributed by atoms with van der Waals surface area (Å²) >= 11 is 0. The van der Waals surface area contributed by atoms with Gasteiger partial charge in [-0.2, -0.15) is 5.10 Å². The predicted molar refractivity (Wildman–Crippen MR) is 84.5 cm³/mol. The number of nitrogens with zero attached hydrogens (tertiary/aromatic N) is 2. The average molecular weight is 273 g/mol. The van der Waals surface area contributed by atoms with E-state index in [1.807, 2.05) is 50.4 Å². The molecule has 1 unspecified atom stereocenters. The monoisotopic (exact) mass is 273 g/mol. The summed E-state index contributed by atoms with van der Waals surface area (Å²) in [6.45, 7) is 6.08. The third-order valence-electron chi connectivity index (χ3n) is 2.62. The van der Waals surface area contributed by atoms with Crippen LogP contribution in [0.2, 0.25) is 0 Å². The molecule has 4 nitrogen and oxygen atoms in total. The van der Waals surface area contributed by atoms with E-state index in [0.29, 0.717) is 12.3 Å². The summed E-state index contributed by atoms with van der Waals surface area (Å²) in [6.07, 6.45) is 4.83.